The molecule has 2 amide bonds. The summed E-state index contributed by atoms with van der Waals surface area (Å²) in [5.41, 5.74) is 0.0213. The van der Waals surface area contributed by atoms with Crippen LogP contribution in [-0.2, 0) is 23.9 Å². The number of para-hydroxylation sites is 1. The van der Waals surface area contributed by atoms with Crippen molar-refractivity contribution in [2.45, 2.75) is 68.6 Å². The number of aliphatic hydroxyl groups is 1. The van der Waals surface area contributed by atoms with Crippen molar-refractivity contribution in [3.05, 3.63) is 54.1 Å². The SMILES string of the molecule is C=CCCCOC(=O)[C@H]1[C@@H]2OC3(CC2Br)C(C(=O)N(CC=C)c2c(C)cccc2Cl)N([C@@H](CO)C(C)C)C(=O)[C@H]13. The normalized spacial score (nSPS) is 29.4. The number of anilines is 1. The van der Waals surface area contributed by atoms with Gasteiger partial charge in [0.05, 0.1) is 47.9 Å². The molecule has 1 aromatic rings. The minimum absolute atomic E-state index is 0.143. The molecule has 3 unspecified atom stereocenters. The first kappa shape index (κ1) is 30.8. The van der Waals surface area contributed by atoms with Crippen LogP contribution in [0.5, 0.6) is 0 Å². The topological polar surface area (TPSA) is 96.4 Å². The van der Waals surface area contributed by atoms with Gasteiger partial charge in [-0.05, 0) is 43.7 Å². The molecule has 3 aliphatic rings. The van der Waals surface area contributed by atoms with Crippen LogP contribution in [-0.4, -0.2) is 76.2 Å². The third-order valence-electron chi connectivity index (χ3n) is 8.38. The highest BCUT2D eigenvalue weighted by Gasteiger charge is 2.77. The molecule has 7 atom stereocenters. The van der Waals surface area contributed by atoms with Crippen molar-refractivity contribution in [3.8, 4) is 0 Å². The number of likely N-dealkylation sites (tertiary alicyclic amines) is 1. The predicted molar refractivity (Wildman–Crippen MR) is 157 cm³/mol. The lowest BCUT2D eigenvalue weighted by Crippen LogP contribution is -2.60. The van der Waals surface area contributed by atoms with Crippen LogP contribution in [0.3, 0.4) is 0 Å². The summed E-state index contributed by atoms with van der Waals surface area (Å²) in [4.78, 5) is 45.2. The maximum atomic E-state index is 14.7. The van der Waals surface area contributed by atoms with Gasteiger partial charge in [-0.2, -0.15) is 0 Å². The van der Waals surface area contributed by atoms with Gasteiger partial charge < -0.3 is 24.4 Å². The van der Waals surface area contributed by atoms with E-state index < -0.39 is 47.5 Å². The molecule has 3 saturated heterocycles. The molecule has 3 aliphatic heterocycles. The lowest BCUT2D eigenvalue weighted by molar-refractivity contribution is -0.156. The number of halogens is 2. The second-order valence-electron chi connectivity index (χ2n) is 11.1. The Bertz CT molecular complexity index is 1160. The Kier molecular flexibility index (Phi) is 9.49. The van der Waals surface area contributed by atoms with Gasteiger partial charge in [-0.15, -0.1) is 13.2 Å². The summed E-state index contributed by atoms with van der Waals surface area (Å²) >= 11 is 10.3. The fraction of sp³-hybridized carbons (Fsp3) is 0.567. The number of amides is 2. The van der Waals surface area contributed by atoms with Crippen LogP contribution in [0, 0.1) is 24.7 Å². The number of benzene rings is 1. The molecule has 8 nitrogen and oxygen atoms in total. The first-order chi connectivity index (χ1) is 19.0. The summed E-state index contributed by atoms with van der Waals surface area (Å²) in [7, 11) is 0. The molecule has 10 heteroatoms. The maximum Gasteiger partial charge on any atom is 0.312 e. The van der Waals surface area contributed by atoms with Crippen molar-refractivity contribution < 1.29 is 29.0 Å². The average molecular weight is 638 g/mol. The summed E-state index contributed by atoms with van der Waals surface area (Å²) in [5, 5.41) is 10.8. The fourth-order valence-electron chi connectivity index (χ4n) is 6.62. The lowest BCUT2D eigenvalue weighted by atomic mass is 9.70. The number of carbonyl (C=O) groups is 3. The number of aryl methyl sites for hydroxylation is 1. The zero-order valence-corrected chi connectivity index (χ0v) is 25.6. The minimum atomic E-state index is -1.28. The molecule has 0 aromatic heterocycles. The summed E-state index contributed by atoms with van der Waals surface area (Å²) in [6, 6.07) is 3.62. The number of allylic oxidation sites excluding steroid dienone is 1. The van der Waals surface area contributed by atoms with E-state index >= 15 is 0 Å². The van der Waals surface area contributed by atoms with Crippen molar-refractivity contribution in [2.75, 3.05) is 24.7 Å². The zero-order valence-electron chi connectivity index (χ0n) is 23.2. The number of carbonyl (C=O) groups excluding carboxylic acids is 3. The second-order valence-corrected chi connectivity index (χ2v) is 12.7. The van der Waals surface area contributed by atoms with Gasteiger partial charge in [0.2, 0.25) is 5.91 Å². The molecule has 1 aromatic carbocycles. The van der Waals surface area contributed by atoms with Gasteiger partial charge in [0, 0.05) is 11.4 Å². The Hall–Kier alpha value is -2.20. The monoisotopic (exact) mass is 636 g/mol. The Balaban J connectivity index is 1.82. The number of aliphatic hydroxyl groups excluding tert-OH is 1. The quantitative estimate of drug-likeness (QED) is 0.158. The van der Waals surface area contributed by atoms with Crippen molar-refractivity contribution in [3.63, 3.8) is 0 Å². The lowest BCUT2D eigenvalue weighted by Gasteiger charge is -2.40. The highest BCUT2D eigenvalue weighted by molar-refractivity contribution is 9.09. The molecule has 4 rings (SSSR count). The van der Waals surface area contributed by atoms with Gasteiger partial charge in [0.15, 0.2) is 0 Å². The smallest absolute Gasteiger partial charge is 0.312 e. The van der Waals surface area contributed by atoms with Gasteiger partial charge in [0.25, 0.3) is 5.91 Å². The molecule has 40 heavy (non-hydrogen) atoms. The fourth-order valence-corrected chi connectivity index (χ4v) is 7.89. The van der Waals surface area contributed by atoms with E-state index in [0.717, 1.165) is 5.56 Å². The number of esters is 1. The van der Waals surface area contributed by atoms with Crippen molar-refractivity contribution in [1.82, 2.24) is 4.90 Å². The number of hydrogen-bond donors (Lipinski definition) is 1. The van der Waals surface area contributed by atoms with Gasteiger partial charge in [-0.1, -0.05) is 65.7 Å². The van der Waals surface area contributed by atoms with E-state index in [-0.39, 0.29) is 36.4 Å². The molecule has 1 spiro atoms. The number of ether oxygens (including phenoxy) is 2. The minimum Gasteiger partial charge on any atom is -0.465 e. The van der Waals surface area contributed by atoms with Crippen molar-refractivity contribution >= 4 is 51.0 Å². The molecular weight excluding hydrogens is 600 g/mol. The number of hydrogen-bond acceptors (Lipinski definition) is 6. The molecular formula is C30H38BrClN2O6. The Morgan fingerprint density at radius 2 is 2.08 bits per heavy atom. The standard InChI is InChI=1S/C30H38BrClN2O6/c1-6-8-9-14-39-29(38)22-23-27(36)34(21(16-35)17(3)4)26(30(23)15-19(31)25(22)40-30)28(37)33(13-7-2)24-18(5)11-10-12-20(24)32/h6-7,10-12,17,19,21-23,25-26,35H,1-2,8-9,13-16H2,3-5H3/t19?,21-,22+,23-,25+,26?,30?/m0/s1. The van der Waals surface area contributed by atoms with Crippen LogP contribution in [0.2, 0.25) is 5.02 Å². The Morgan fingerprint density at radius 3 is 2.67 bits per heavy atom. The van der Waals surface area contributed by atoms with Crippen LogP contribution in [0.4, 0.5) is 5.69 Å². The van der Waals surface area contributed by atoms with E-state index in [4.69, 9.17) is 21.1 Å². The van der Waals surface area contributed by atoms with Crippen LogP contribution in [0.25, 0.3) is 0 Å². The predicted octanol–water partition coefficient (Wildman–Crippen LogP) is 4.44. The average Bonchev–Trinajstić information content (AvgIpc) is 3.49. The summed E-state index contributed by atoms with van der Waals surface area (Å²) < 4.78 is 12.2. The van der Waals surface area contributed by atoms with Crippen LogP contribution in [0.1, 0.15) is 38.7 Å². The largest absolute Gasteiger partial charge is 0.465 e. The van der Waals surface area contributed by atoms with Crippen LogP contribution < -0.4 is 4.90 Å². The van der Waals surface area contributed by atoms with E-state index in [9.17, 15) is 19.5 Å². The van der Waals surface area contributed by atoms with E-state index in [1.165, 1.54) is 9.80 Å². The summed E-state index contributed by atoms with van der Waals surface area (Å²) in [6.07, 6.45) is 4.40. The first-order valence-corrected chi connectivity index (χ1v) is 15.0. The summed E-state index contributed by atoms with van der Waals surface area (Å²) in [6.45, 7) is 13.2. The third kappa shape index (κ3) is 5.03. The summed E-state index contributed by atoms with van der Waals surface area (Å²) in [5.74, 6) is -3.26. The third-order valence-corrected chi connectivity index (χ3v) is 9.53. The van der Waals surface area contributed by atoms with Crippen molar-refractivity contribution in [1.29, 1.82) is 0 Å². The van der Waals surface area contributed by atoms with Gasteiger partial charge in [-0.25, -0.2) is 0 Å². The highest BCUT2D eigenvalue weighted by Crippen LogP contribution is 2.61. The highest BCUT2D eigenvalue weighted by atomic mass is 79.9. The number of alkyl halides is 1. The first-order valence-electron chi connectivity index (χ1n) is 13.8. The van der Waals surface area contributed by atoms with Gasteiger partial charge in [-0.3, -0.25) is 14.4 Å². The van der Waals surface area contributed by atoms with Gasteiger partial charge in [0.1, 0.15) is 11.6 Å². The molecule has 0 aliphatic carbocycles. The number of unbranched alkanes of at least 4 members (excludes halogenated alkanes) is 1. The zero-order chi connectivity index (χ0) is 29.4. The molecule has 3 fully saturated rings. The van der Waals surface area contributed by atoms with Crippen LogP contribution >= 0.6 is 27.5 Å². The number of nitrogens with zero attached hydrogens (tertiary/aromatic N) is 2. The maximum absolute atomic E-state index is 14.7. The van der Waals surface area contributed by atoms with Crippen LogP contribution in [0.15, 0.2) is 43.5 Å². The molecule has 1 N–H and O–H groups in total. The van der Waals surface area contributed by atoms with E-state index in [0.29, 0.717) is 30.0 Å². The van der Waals surface area contributed by atoms with Gasteiger partial charge >= 0.3 is 5.97 Å². The number of rotatable bonds is 12. The Labute approximate surface area is 249 Å². The molecule has 3 heterocycles. The second kappa shape index (κ2) is 12.3. The Morgan fingerprint density at radius 1 is 1.35 bits per heavy atom. The van der Waals surface area contributed by atoms with Crippen molar-refractivity contribution in [2.24, 2.45) is 17.8 Å². The van der Waals surface area contributed by atoms with E-state index in [2.05, 4.69) is 29.1 Å². The molecule has 0 radical (unpaired) electrons. The van der Waals surface area contributed by atoms with E-state index in [1.807, 2.05) is 26.8 Å². The molecule has 218 valence electrons. The van der Waals surface area contributed by atoms with E-state index in [1.54, 1.807) is 24.3 Å². The molecule has 2 bridgehead atoms. The molecule has 0 saturated carbocycles. The number of fused-ring (bicyclic) bond motifs is 1.